The van der Waals surface area contributed by atoms with E-state index in [1.807, 2.05) is 0 Å². The van der Waals surface area contributed by atoms with Gasteiger partial charge < -0.3 is 15.9 Å². The number of carbonyl (C=O) groups excluding carboxylic acids is 1. The molecule has 0 spiro atoms. The van der Waals surface area contributed by atoms with Gasteiger partial charge in [-0.1, -0.05) is 30.0 Å². The maximum Gasteiger partial charge on any atom is 0.230 e. The van der Waals surface area contributed by atoms with Crippen molar-refractivity contribution in [3.05, 3.63) is 41.5 Å². The first kappa shape index (κ1) is 17.7. The van der Waals surface area contributed by atoms with Gasteiger partial charge in [-0.05, 0) is 24.5 Å². The summed E-state index contributed by atoms with van der Waals surface area (Å²) in [7, 11) is 0. The minimum atomic E-state index is -0.312. The van der Waals surface area contributed by atoms with Crippen molar-refractivity contribution < 1.29 is 13.9 Å². The molecule has 1 amide bonds. The van der Waals surface area contributed by atoms with Gasteiger partial charge in [0.1, 0.15) is 5.82 Å². The van der Waals surface area contributed by atoms with Crippen molar-refractivity contribution in [2.45, 2.75) is 30.5 Å². The highest BCUT2D eigenvalue weighted by Gasteiger charge is 2.17. The molecule has 3 rings (SSSR count). The first-order chi connectivity index (χ1) is 12.1. The zero-order valence-electron chi connectivity index (χ0n) is 13.7. The molecule has 25 heavy (non-hydrogen) atoms. The molecule has 2 heterocycles. The number of rotatable bonds is 7. The summed E-state index contributed by atoms with van der Waals surface area (Å²) in [6, 6.07) is 6.45. The van der Waals surface area contributed by atoms with Crippen molar-refractivity contribution in [1.82, 2.24) is 20.2 Å². The third kappa shape index (κ3) is 4.70. The van der Waals surface area contributed by atoms with Crippen molar-refractivity contribution >= 4 is 17.7 Å². The number of nitrogens with zero attached hydrogens (tertiary/aromatic N) is 3. The lowest BCUT2D eigenvalue weighted by atomic mass is 10.1. The van der Waals surface area contributed by atoms with Crippen LogP contribution in [0.15, 0.2) is 29.4 Å². The first-order valence-electron chi connectivity index (χ1n) is 8.07. The van der Waals surface area contributed by atoms with Gasteiger partial charge in [-0.2, -0.15) is 0 Å². The van der Waals surface area contributed by atoms with Crippen molar-refractivity contribution in [1.29, 1.82) is 0 Å². The second-order valence-electron chi connectivity index (χ2n) is 5.76. The highest BCUT2D eigenvalue weighted by atomic mass is 32.2. The molecule has 0 radical (unpaired) electrons. The van der Waals surface area contributed by atoms with E-state index in [1.54, 1.807) is 18.2 Å². The van der Waals surface area contributed by atoms with Gasteiger partial charge in [0.25, 0.3) is 0 Å². The number of nitrogen functional groups attached to an aromatic ring is 1. The topological polar surface area (TPSA) is 95.1 Å². The molecule has 1 unspecified atom stereocenters. The number of carbonyl (C=O) groups is 1. The van der Waals surface area contributed by atoms with E-state index >= 15 is 0 Å². The lowest BCUT2D eigenvalue weighted by Crippen LogP contribution is -2.33. The van der Waals surface area contributed by atoms with Crippen molar-refractivity contribution in [2.24, 2.45) is 0 Å². The zero-order chi connectivity index (χ0) is 17.6. The predicted molar refractivity (Wildman–Crippen MR) is 92.1 cm³/mol. The van der Waals surface area contributed by atoms with E-state index in [-0.39, 0.29) is 30.0 Å². The Bertz CT molecular complexity index is 733. The molecule has 0 aliphatic carbocycles. The molecule has 7 nitrogen and oxygen atoms in total. The van der Waals surface area contributed by atoms with Crippen LogP contribution in [0.4, 0.5) is 4.39 Å². The van der Waals surface area contributed by atoms with Gasteiger partial charge in [0, 0.05) is 19.6 Å². The van der Waals surface area contributed by atoms with Gasteiger partial charge in [-0.3, -0.25) is 4.79 Å². The fourth-order valence-electron chi connectivity index (χ4n) is 2.55. The molecule has 1 aliphatic rings. The standard InChI is InChI=1S/C16H20FN5O2S/c17-13-6-2-1-4-11(13)8-14-20-21-16(22(14)18)25-10-15(23)19-9-12-5-3-7-24-12/h1-2,4,6,12H,3,5,7-10,18H2,(H,19,23). The average Bonchev–Trinajstić information content (AvgIpc) is 3.24. The quantitative estimate of drug-likeness (QED) is 0.564. The molecule has 1 fully saturated rings. The number of ether oxygens (including phenoxy) is 1. The lowest BCUT2D eigenvalue weighted by molar-refractivity contribution is -0.119. The number of nitrogens with one attached hydrogen (secondary N) is 1. The minimum absolute atomic E-state index is 0.111. The number of hydrogen-bond acceptors (Lipinski definition) is 6. The van der Waals surface area contributed by atoms with Gasteiger partial charge in [-0.25, -0.2) is 9.07 Å². The van der Waals surface area contributed by atoms with E-state index in [9.17, 15) is 9.18 Å². The van der Waals surface area contributed by atoms with Crippen LogP contribution in [0.5, 0.6) is 0 Å². The van der Waals surface area contributed by atoms with E-state index < -0.39 is 0 Å². The van der Waals surface area contributed by atoms with Crippen LogP contribution in [0.25, 0.3) is 0 Å². The fraction of sp³-hybridized carbons (Fsp3) is 0.438. The van der Waals surface area contributed by atoms with Gasteiger partial charge in [0.05, 0.1) is 11.9 Å². The Morgan fingerprint density at radius 3 is 3.04 bits per heavy atom. The third-order valence-corrected chi connectivity index (χ3v) is 4.87. The number of hydrogen-bond donors (Lipinski definition) is 2. The molecule has 1 saturated heterocycles. The normalized spacial score (nSPS) is 16.9. The Kier molecular flexibility index (Phi) is 5.87. The van der Waals surface area contributed by atoms with Crippen LogP contribution in [-0.4, -0.2) is 45.8 Å². The monoisotopic (exact) mass is 365 g/mol. The van der Waals surface area contributed by atoms with Crippen LogP contribution in [0.2, 0.25) is 0 Å². The second kappa shape index (κ2) is 8.30. The Balaban J connectivity index is 1.51. The summed E-state index contributed by atoms with van der Waals surface area (Å²) in [4.78, 5) is 11.9. The van der Waals surface area contributed by atoms with Gasteiger partial charge >= 0.3 is 0 Å². The predicted octanol–water partition coefficient (Wildman–Crippen LogP) is 1.11. The molecule has 1 aliphatic heterocycles. The van der Waals surface area contributed by atoms with E-state index in [4.69, 9.17) is 10.6 Å². The summed E-state index contributed by atoms with van der Waals surface area (Å²) in [5, 5.41) is 11.2. The minimum Gasteiger partial charge on any atom is -0.376 e. The molecule has 0 saturated carbocycles. The fourth-order valence-corrected chi connectivity index (χ4v) is 3.26. The molecule has 2 aromatic rings. The first-order valence-corrected chi connectivity index (χ1v) is 9.06. The second-order valence-corrected chi connectivity index (χ2v) is 6.71. The summed E-state index contributed by atoms with van der Waals surface area (Å²) in [6.07, 6.45) is 2.36. The van der Waals surface area contributed by atoms with Gasteiger partial charge in [0.2, 0.25) is 11.1 Å². The molecular weight excluding hydrogens is 345 g/mol. The van der Waals surface area contributed by atoms with Crippen LogP contribution >= 0.6 is 11.8 Å². The van der Waals surface area contributed by atoms with Crippen LogP contribution in [0.1, 0.15) is 24.2 Å². The Labute approximate surface area is 149 Å². The van der Waals surface area contributed by atoms with E-state index in [0.29, 0.717) is 23.1 Å². The van der Waals surface area contributed by atoms with Gasteiger partial charge in [0.15, 0.2) is 5.82 Å². The molecule has 9 heteroatoms. The Morgan fingerprint density at radius 1 is 1.44 bits per heavy atom. The third-order valence-electron chi connectivity index (χ3n) is 3.92. The molecule has 1 atom stereocenters. The highest BCUT2D eigenvalue weighted by molar-refractivity contribution is 7.99. The Morgan fingerprint density at radius 2 is 2.28 bits per heavy atom. The Hall–Kier alpha value is -2.13. The lowest BCUT2D eigenvalue weighted by Gasteiger charge is -2.10. The molecular formula is C16H20FN5O2S. The molecule has 0 bridgehead atoms. The number of benzene rings is 1. The number of halogens is 1. The summed E-state index contributed by atoms with van der Waals surface area (Å²) < 4.78 is 20.5. The zero-order valence-corrected chi connectivity index (χ0v) is 14.5. The summed E-state index contributed by atoms with van der Waals surface area (Å²) in [5.41, 5.74) is 0.493. The summed E-state index contributed by atoms with van der Waals surface area (Å²) >= 11 is 1.19. The van der Waals surface area contributed by atoms with Gasteiger partial charge in [-0.15, -0.1) is 10.2 Å². The smallest absolute Gasteiger partial charge is 0.230 e. The number of nitrogens with two attached hydrogens (primary N) is 1. The average molecular weight is 365 g/mol. The highest BCUT2D eigenvalue weighted by Crippen LogP contribution is 2.17. The number of amides is 1. The van der Waals surface area contributed by atoms with Crippen molar-refractivity contribution in [3.8, 4) is 0 Å². The van der Waals surface area contributed by atoms with E-state index in [2.05, 4.69) is 15.5 Å². The van der Waals surface area contributed by atoms with E-state index in [1.165, 1.54) is 22.5 Å². The number of thioether (sulfide) groups is 1. The maximum atomic E-state index is 13.7. The molecule has 134 valence electrons. The SMILES string of the molecule is Nn1c(Cc2ccccc2F)nnc1SCC(=O)NCC1CCCO1. The maximum absolute atomic E-state index is 13.7. The van der Waals surface area contributed by atoms with Crippen LogP contribution in [0, 0.1) is 5.82 Å². The van der Waals surface area contributed by atoms with E-state index in [0.717, 1.165) is 19.4 Å². The number of aromatic nitrogens is 3. The van der Waals surface area contributed by atoms with Crippen LogP contribution in [0.3, 0.4) is 0 Å². The van der Waals surface area contributed by atoms with Crippen molar-refractivity contribution in [2.75, 3.05) is 24.7 Å². The van der Waals surface area contributed by atoms with Crippen molar-refractivity contribution in [3.63, 3.8) is 0 Å². The van der Waals surface area contributed by atoms with Crippen LogP contribution < -0.4 is 11.2 Å². The summed E-state index contributed by atoms with van der Waals surface area (Å²) in [5.74, 6) is 6.15. The largest absolute Gasteiger partial charge is 0.376 e. The molecule has 1 aromatic carbocycles. The molecule has 1 aromatic heterocycles. The summed E-state index contributed by atoms with van der Waals surface area (Å²) in [6.45, 7) is 1.28. The van der Waals surface area contributed by atoms with Crippen LogP contribution in [-0.2, 0) is 16.0 Å². The molecule has 3 N–H and O–H groups in total.